The van der Waals surface area contributed by atoms with Crippen LogP contribution in [0.1, 0.15) is 40.5 Å². The predicted octanol–water partition coefficient (Wildman–Crippen LogP) is 5.20. The molecule has 1 amide bonds. The Morgan fingerprint density at radius 2 is 1.68 bits per heavy atom. The monoisotopic (exact) mass is 437 g/mol. The van der Waals surface area contributed by atoms with Crippen LogP contribution in [0, 0.1) is 0 Å². The maximum atomic E-state index is 12.6. The molecule has 31 heavy (non-hydrogen) atoms. The summed E-state index contributed by atoms with van der Waals surface area (Å²) in [7, 11) is 1.58. The van der Waals surface area contributed by atoms with Crippen molar-refractivity contribution in [2.75, 3.05) is 19.0 Å². The Balaban J connectivity index is 1.76. The van der Waals surface area contributed by atoms with E-state index in [-0.39, 0.29) is 31.1 Å². The van der Waals surface area contributed by atoms with E-state index in [0.717, 1.165) is 5.56 Å². The summed E-state index contributed by atoms with van der Waals surface area (Å²) in [6, 6.07) is 16.1. The third kappa shape index (κ3) is 5.58. The van der Waals surface area contributed by atoms with E-state index >= 15 is 0 Å². The zero-order valence-corrected chi connectivity index (χ0v) is 18.2. The maximum Gasteiger partial charge on any atom is 0.341 e. The highest BCUT2D eigenvalue weighted by Crippen LogP contribution is 2.37. The normalized spacial score (nSPS) is 10.4. The SMILES string of the molecule is CCOC(=O)c1c(-c2ccc(OC)cc2)csc1NC(=O)CCC(=O)c1ccccc1. The van der Waals surface area contributed by atoms with Gasteiger partial charge in [-0.05, 0) is 24.6 Å². The molecule has 0 aliphatic heterocycles. The Bertz CT molecular complexity index is 1060. The Hall–Kier alpha value is -3.45. The number of carbonyl (C=O) groups is 3. The molecule has 0 atom stereocenters. The Morgan fingerprint density at radius 3 is 2.32 bits per heavy atom. The lowest BCUT2D eigenvalue weighted by atomic mass is 10.0. The lowest BCUT2D eigenvalue weighted by Gasteiger charge is -2.09. The minimum absolute atomic E-state index is 0.0196. The number of methoxy groups -OCH3 is 1. The average molecular weight is 438 g/mol. The molecule has 1 heterocycles. The summed E-state index contributed by atoms with van der Waals surface area (Å²) in [5, 5.41) is 4.98. The van der Waals surface area contributed by atoms with Crippen molar-refractivity contribution in [2.45, 2.75) is 19.8 Å². The Kier molecular flexibility index (Phi) is 7.56. The molecule has 0 aliphatic carbocycles. The zero-order valence-electron chi connectivity index (χ0n) is 17.3. The number of hydrogen-bond donors (Lipinski definition) is 1. The van der Waals surface area contributed by atoms with Gasteiger partial charge >= 0.3 is 5.97 Å². The van der Waals surface area contributed by atoms with E-state index in [4.69, 9.17) is 9.47 Å². The van der Waals surface area contributed by atoms with Gasteiger partial charge in [-0.2, -0.15) is 0 Å². The molecule has 3 aromatic rings. The minimum atomic E-state index is -0.509. The molecule has 6 nitrogen and oxygen atoms in total. The van der Waals surface area contributed by atoms with E-state index in [0.29, 0.717) is 27.4 Å². The van der Waals surface area contributed by atoms with Gasteiger partial charge < -0.3 is 14.8 Å². The van der Waals surface area contributed by atoms with E-state index in [1.54, 1.807) is 55.8 Å². The number of carbonyl (C=O) groups excluding carboxylic acids is 3. The molecule has 0 saturated heterocycles. The van der Waals surface area contributed by atoms with Crippen molar-refractivity contribution in [2.24, 2.45) is 0 Å². The van der Waals surface area contributed by atoms with Crippen molar-refractivity contribution in [3.05, 3.63) is 71.1 Å². The first-order valence-electron chi connectivity index (χ1n) is 9.84. The van der Waals surface area contributed by atoms with E-state index in [9.17, 15) is 14.4 Å². The molecule has 1 N–H and O–H groups in total. The molecule has 0 aliphatic rings. The quantitative estimate of drug-likeness (QED) is 0.367. The predicted molar refractivity (Wildman–Crippen MR) is 121 cm³/mol. The van der Waals surface area contributed by atoms with E-state index < -0.39 is 5.97 Å². The maximum absolute atomic E-state index is 12.6. The smallest absolute Gasteiger partial charge is 0.341 e. The van der Waals surface area contributed by atoms with Gasteiger partial charge in [-0.15, -0.1) is 11.3 Å². The van der Waals surface area contributed by atoms with Gasteiger partial charge in [0, 0.05) is 29.3 Å². The molecule has 0 saturated carbocycles. The van der Waals surface area contributed by atoms with Gasteiger partial charge in [0.2, 0.25) is 5.91 Å². The van der Waals surface area contributed by atoms with Crippen LogP contribution in [0.2, 0.25) is 0 Å². The van der Waals surface area contributed by atoms with Gasteiger partial charge in [-0.1, -0.05) is 42.5 Å². The summed E-state index contributed by atoms with van der Waals surface area (Å²) >= 11 is 1.25. The van der Waals surface area contributed by atoms with Crippen LogP contribution < -0.4 is 10.1 Å². The van der Waals surface area contributed by atoms with Crippen LogP contribution in [0.15, 0.2) is 60.0 Å². The summed E-state index contributed by atoms with van der Waals surface area (Å²) in [4.78, 5) is 37.4. The highest BCUT2D eigenvalue weighted by Gasteiger charge is 2.23. The van der Waals surface area contributed by atoms with Gasteiger partial charge in [0.1, 0.15) is 16.3 Å². The summed E-state index contributed by atoms with van der Waals surface area (Å²) in [6.45, 7) is 1.94. The fourth-order valence-corrected chi connectivity index (χ4v) is 4.00. The number of hydrogen-bond acceptors (Lipinski definition) is 6. The third-order valence-corrected chi connectivity index (χ3v) is 5.49. The number of anilines is 1. The van der Waals surface area contributed by atoms with Gasteiger partial charge in [-0.3, -0.25) is 9.59 Å². The van der Waals surface area contributed by atoms with Gasteiger partial charge in [0.05, 0.1) is 13.7 Å². The van der Waals surface area contributed by atoms with Crippen molar-refractivity contribution in [3.63, 3.8) is 0 Å². The molecule has 160 valence electrons. The largest absolute Gasteiger partial charge is 0.497 e. The number of nitrogens with one attached hydrogen (secondary N) is 1. The van der Waals surface area contributed by atoms with Gasteiger partial charge in [0.15, 0.2) is 5.78 Å². The number of Topliss-reactive ketones (excluding diaryl/α,β-unsaturated/α-hetero) is 1. The second kappa shape index (κ2) is 10.5. The van der Waals surface area contributed by atoms with Crippen LogP contribution in [0.25, 0.3) is 11.1 Å². The fraction of sp³-hybridized carbons (Fsp3) is 0.208. The summed E-state index contributed by atoms with van der Waals surface area (Å²) in [5.74, 6) is -0.247. The molecule has 3 rings (SSSR count). The second-order valence-electron chi connectivity index (χ2n) is 6.64. The molecule has 0 fully saturated rings. The van der Waals surface area contributed by atoms with Gasteiger partial charge in [-0.25, -0.2) is 4.79 Å². The number of thiophene rings is 1. The standard InChI is InChI=1S/C24H23NO5S/c1-3-30-24(28)22-19(16-9-11-18(29-2)12-10-16)15-31-23(22)25-21(27)14-13-20(26)17-7-5-4-6-8-17/h4-12,15H,3,13-14H2,1-2H3,(H,25,27). The van der Waals surface area contributed by atoms with Crippen LogP contribution in [0.3, 0.4) is 0 Å². The molecular formula is C24H23NO5S. The van der Waals surface area contributed by atoms with E-state index in [1.807, 2.05) is 18.2 Å². The van der Waals surface area contributed by atoms with Crippen LogP contribution in [-0.2, 0) is 9.53 Å². The van der Waals surface area contributed by atoms with Crippen molar-refractivity contribution >= 4 is 34.0 Å². The fourth-order valence-electron chi connectivity index (χ4n) is 3.02. The van der Waals surface area contributed by atoms with Crippen molar-refractivity contribution < 1.29 is 23.9 Å². The highest BCUT2D eigenvalue weighted by molar-refractivity contribution is 7.15. The Morgan fingerprint density at radius 1 is 0.968 bits per heavy atom. The number of esters is 1. The molecular weight excluding hydrogens is 414 g/mol. The van der Waals surface area contributed by atoms with Crippen molar-refractivity contribution in [3.8, 4) is 16.9 Å². The van der Waals surface area contributed by atoms with Crippen LogP contribution in [-0.4, -0.2) is 31.4 Å². The van der Waals surface area contributed by atoms with Crippen molar-refractivity contribution in [1.29, 1.82) is 0 Å². The number of benzene rings is 2. The third-order valence-electron chi connectivity index (χ3n) is 4.60. The molecule has 1 aromatic heterocycles. The van der Waals surface area contributed by atoms with Crippen LogP contribution in [0.5, 0.6) is 5.75 Å². The molecule has 0 spiro atoms. The van der Waals surface area contributed by atoms with Crippen LogP contribution >= 0.6 is 11.3 Å². The molecule has 7 heteroatoms. The Labute approximate surface area is 184 Å². The zero-order chi connectivity index (χ0) is 22.2. The lowest BCUT2D eigenvalue weighted by Crippen LogP contribution is -2.15. The first-order valence-corrected chi connectivity index (χ1v) is 10.7. The number of ketones is 1. The molecule has 2 aromatic carbocycles. The first kappa shape index (κ1) is 22.2. The topological polar surface area (TPSA) is 81.7 Å². The number of amides is 1. The first-order chi connectivity index (χ1) is 15.0. The lowest BCUT2D eigenvalue weighted by molar-refractivity contribution is -0.116. The summed E-state index contributed by atoms with van der Waals surface area (Å²) < 4.78 is 10.4. The average Bonchev–Trinajstić information content (AvgIpc) is 3.21. The number of ether oxygens (including phenoxy) is 2. The molecule has 0 unspecified atom stereocenters. The summed E-state index contributed by atoms with van der Waals surface area (Å²) in [5.41, 5.74) is 2.35. The van der Waals surface area contributed by atoms with E-state index in [2.05, 4.69) is 5.32 Å². The van der Waals surface area contributed by atoms with Gasteiger partial charge in [0.25, 0.3) is 0 Å². The summed E-state index contributed by atoms with van der Waals surface area (Å²) in [6.07, 6.45) is 0.104. The molecule has 0 bridgehead atoms. The minimum Gasteiger partial charge on any atom is -0.497 e. The molecule has 0 radical (unpaired) electrons. The van der Waals surface area contributed by atoms with E-state index in [1.165, 1.54) is 11.3 Å². The van der Waals surface area contributed by atoms with Crippen molar-refractivity contribution in [1.82, 2.24) is 0 Å². The van der Waals surface area contributed by atoms with Crippen LogP contribution in [0.4, 0.5) is 5.00 Å². The number of rotatable bonds is 9. The second-order valence-corrected chi connectivity index (χ2v) is 7.52. The highest BCUT2D eigenvalue weighted by atomic mass is 32.1.